The zero-order valence-corrected chi connectivity index (χ0v) is 19.5. The minimum atomic E-state index is -0.300. The molecule has 0 aromatic carbocycles. The minimum absolute atomic E-state index is 0.300. The maximum Gasteiger partial charge on any atom is 0.299 e. The third-order valence-corrected chi connectivity index (χ3v) is 6.66. The Hall–Kier alpha value is -3.95. The van der Waals surface area contributed by atoms with E-state index in [9.17, 15) is 4.79 Å². The lowest BCUT2D eigenvalue weighted by molar-refractivity contribution is 0.102. The molecule has 0 bridgehead atoms. The number of anilines is 3. The summed E-state index contributed by atoms with van der Waals surface area (Å²) in [5.41, 5.74) is 3.58. The number of oxazole rings is 1. The summed E-state index contributed by atoms with van der Waals surface area (Å²) in [6.45, 7) is 3.67. The van der Waals surface area contributed by atoms with Gasteiger partial charge in [0.25, 0.3) is 11.9 Å². The number of rotatable bonds is 5. The highest BCUT2D eigenvalue weighted by molar-refractivity contribution is 6.05. The van der Waals surface area contributed by atoms with Gasteiger partial charge in [0.05, 0.1) is 17.6 Å². The SMILES string of the molecule is O=C(Nc1cc2oc(N3CCCCC3)nc2nc1N1CCCCC1)c1cccc(-c2cn[nH]c2)n1. The van der Waals surface area contributed by atoms with Crippen molar-refractivity contribution in [3.63, 3.8) is 0 Å². The van der Waals surface area contributed by atoms with E-state index < -0.39 is 0 Å². The van der Waals surface area contributed by atoms with E-state index in [1.54, 1.807) is 18.5 Å². The number of fused-ring (bicyclic) bond motifs is 1. The van der Waals surface area contributed by atoms with Crippen LogP contribution in [0.2, 0.25) is 0 Å². The van der Waals surface area contributed by atoms with Crippen LogP contribution in [0.5, 0.6) is 0 Å². The molecule has 0 aliphatic carbocycles. The minimum Gasteiger partial charge on any atom is -0.422 e. The number of H-pyrrole nitrogens is 1. The average Bonchev–Trinajstić information content (AvgIpc) is 3.60. The monoisotopic (exact) mass is 472 g/mol. The van der Waals surface area contributed by atoms with Crippen LogP contribution < -0.4 is 15.1 Å². The summed E-state index contributed by atoms with van der Waals surface area (Å²) in [6, 6.07) is 7.83. The van der Waals surface area contributed by atoms with Gasteiger partial charge in [-0.3, -0.25) is 9.89 Å². The van der Waals surface area contributed by atoms with Crippen molar-refractivity contribution < 1.29 is 9.21 Å². The summed E-state index contributed by atoms with van der Waals surface area (Å²) >= 11 is 0. The fraction of sp³-hybridized carbons (Fsp3) is 0.400. The lowest BCUT2D eigenvalue weighted by Crippen LogP contribution is -2.31. The molecule has 35 heavy (non-hydrogen) atoms. The number of carbonyl (C=O) groups excluding carboxylic acids is 1. The molecule has 0 atom stereocenters. The maximum absolute atomic E-state index is 13.3. The van der Waals surface area contributed by atoms with E-state index in [4.69, 9.17) is 14.4 Å². The van der Waals surface area contributed by atoms with E-state index >= 15 is 0 Å². The Balaban J connectivity index is 1.34. The van der Waals surface area contributed by atoms with Crippen molar-refractivity contribution in [2.45, 2.75) is 38.5 Å². The summed E-state index contributed by atoms with van der Waals surface area (Å²) in [4.78, 5) is 31.8. The van der Waals surface area contributed by atoms with Crippen LogP contribution >= 0.6 is 0 Å². The first-order chi connectivity index (χ1) is 17.2. The smallest absolute Gasteiger partial charge is 0.299 e. The second kappa shape index (κ2) is 9.36. The molecule has 6 heterocycles. The van der Waals surface area contributed by atoms with E-state index in [2.05, 4.69) is 30.3 Å². The van der Waals surface area contributed by atoms with Crippen molar-refractivity contribution in [2.75, 3.05) is 41.3 Å². The average molecular weight is 473 g/mol. The van der Waals surface area contributed by atoms with E-state index in [0.717, 1.165) is 63.2 Å². The van der Waals surface area contributed by atoms with Gasteiger partial charge >= 0.3 is 0 Å². The second-order valence-corrected chi connectivity index (χ2v) is 9.12. The number of hydrogen-bond donors (Lipinski definition) is 2. The zero-order chi connectivity index (χ0) is 23.6. The van der Waals surface area contributed by atoms with Gasteiger partial charge in [-0.25, -0.2) is 9.97 Å². The van der Waals surface area contributed by atoms with Gasteiger partial charge in [0.2, 0.25) is 5.65 Å². The van der Waals surface area contributed by atoms with Crippen molar-refractivity contribution in [2.24, 2.45) is 0 Å². The number of aromatic nitrogens is 5. The third-order valence-electron chi connectivity index (χ3n) is 6.66. The molecule has 10 nitrogen and oxygen atoms in total. The largest absolute Gasteiger partial charge is 0.422 e. The van der Waals surface area contributed by atoms with Gasteiger partial charge in [-0.15, -0.1) is 0 Å². The van der Waals surface area contributed by atoms with Crippen LogP contribution in [0.25, 0.3) is 22.5 Å². The van der Waals surface area contributed by atoms with Crippen LogP contribution in [0, 0.1) is 0 Å². The predicted molar refractivity (Wildman–Crippen MR) is 134 cm³/mol. The van der Waals surface area contributed by atoms with Crippen LogP contribution in [-0.2, 0) is 0 Å². The molecule has 2 fully saturated rings. The van der Waals surface area contributed by atoms with Gasteiger partial charge in [0, 0.05) is 44.0 Å². The Morgan fingerprint density at radius 1 is 0.943 bits per heavy atom. The molecule has 180 valence electrons. The Labute approximate surface area is 202 Å². The van der Waals surface area contributed by atoms with E-state index in [1.165, 1.54) is 12.8 Å². The Morgan fingerprint density at radius 2 is 1.71 bits per heavy atom. The maximum atomic E-state index is 13.3. The molecule has 0 radical (unpaired) electrons. The summed E-state index contributed by atoms with van der Waals surface area (Å²) in [5, 5.41) is 9.80. The molecule has 0 saturated carbocycles. The predicted octanol–water partition coefficient (Wildman–Crippen LogP) is 4.24. The fourth-order valence-electron chi connectivity index (χ4n) is 4.80. The van der Waals surface area contributed by atoms with Gasteiger partial charge in [-0.05, 0) is 50.7 Å². The third kappa shape index (κ3) is 4.43. The molecule has 0 unspecified atom stereocenters. The van der Waals surface area contributed by atoms with E-state index in [0.29, 0.717) is 34.3 Å². The number of carbonyl (C=O) groups is 1. The number of nitrogens with one attached hydrogen (secondary N) is 2. The van der Waals surface area contributed by atoms with Gasteiger partial charge in [-0.2, -0.15) is 10.1 Å². The highest BCUT2D eigenvalue weighted by atomic mass is 16.4. The first kappa shape index (κ1) is 21.6. The van der Waals surface area contributed by atoms with Crippen LogP contribution in [0.3, 0.4) is 0 Å². The number of piperidine rings is 2. The highest BCUT2D eigenvalue weighted by Crippen LogP contribution is 2.33. The number of aromatic amines is 1. The molecule has 2 aliphatic rings. The summed E-state index contributed by atoms with van der Waals surface area (Å²) in [7, 11) is 0. The van der Waals surface area contributed by atoms with Crippen molar-refractivity contribution >= 4 is 34.7 Å². The molecule has 4 aromatic rings. The van der Waals surface area contributed by atoms with Gasteiger partial charge in [0.15, 0.2) is 11.4 Å². The molecular weight excluding hydrogens is 444 g/mol. The molecule has 1 amide bonds. The molecule has 6 rings (SSSR count). The zero-order valence-electron chi connectivity index (χ0n) is 19.5. The topological polar surface area (TPSA) is 116 Å². The van der Waals surface area contributed by atoms with Crippen molar-refractivity contribution in [1.29, 1.82) is 0 Å². The Bertz CT molecular complexity index is 1320. The van der Waals surface area contributed by atoms with Gasteiger partial charge in [0.1, 0.15) is 5.69 Å². The number of pyridine rings is 2. The van der Waals surface area contributed by atoms with Gasteiger partial charge < -0.3 is 19.5 Å². The molecule has 10 heteroatoms. The molecular formula is C25H28N8O2. The second-order valence-electron chi connectivity index (χ2n) is 9.12. The van der Waals surface area contributed by atoms with E-state index in [-0.39, 0.29) is 5.91 Å². The fourth-order valence-corrected chi connectivity index (χ4v) is 4.80. The normalized spacial score (nSPS) is 16.6. The van der Waals surface area contributed by atoms with Crippen LogP contribution in [0.4, 0.5) is 17.5 Å². The lowest BCUT2D eigenvalue weighted by atomic mass is 10.1. The number of nitrogens with zero attached hydrogens (tertiary/aromatic N) is 6. The molecule has 4 aromatic heterocycles. The van der Waals surface area contributed by atoms with Crippen molar-refractivity contribution in [3.05, 3.63) is 42.4 Å². The summed E-state index contributed by atoms with van der Waals surface area (Å²) in [5.74, 6) is 0.431. The first-order valence-electron chi connectivity index (χ1n) is 12.3. The molecule has 2 saturated heterocycles. The quantitative estimate of drug-likeness (QED) is 0.443. The summed E-state index contributed by atoms with van der Waals surface area (Å²) < 4.78 is 6.10. The number of hydrogen-bond acceptors (Lipinski definition) is 8. The molecule has 0 spiro atoms. The Morgan fingerprint density at radius 3 is 2.46 bits per heavy atom. The van der Waals surface area contributed by atoms with Crippen LogP contribution in [-0.4, -0.2) is 57.2 Å². The summed E-state index contributed by atoms with van der Waals surface area (Å²) in [6.07, 6.45) is 10.3. The Kier molecular flexibility index (Phi) is 5.77. The lowest BCUT2D eigenvalue weighted by Gasteiger charge is -2.29. The highest BCUT2D eigenvalue weighted by Gasteiger charge is 2.23. The van der Waals surface area contributed by atoms with Gasteiger partial charge in [-0.1, -0.05) is 6.07 Å². The van der Waals surface area contributed by atoms with E-state index in [1.807, 2.05) is 18.2 Å². The standard InChI is InChI=1S/C25H28N8O2/c34-24(19-9-7-8-18(28-19)17-15-26-27-16-17)29-20-14-21-22(30-23(20)32-10-3-1-4-11-32)31-25(35-21)33-12-5-2-6-13-33/h7-9,14-16H,1-6,10-13H2,(H,26,27)(H,29,34). The molecule has 2 N–H and O–H groups in total. The number of amides is 1. The van der Waals surface area contributed by atoms with Crippen LogP contribution in [0.15, 0.2) is 41.1 Å². The first-order valence-corrected chi connectivity index (χ1v) is 12.3. The van der Waals surface area contributed by atoms with Crippen molar-refractivity contribution in [1.82, 2.24) is 25.1 Å². The van der Waals surface area contributed by atoms with Crippen LogP contribution in [0.1, 0.15) is 49.0 Å². The molecule has 2 aliphatic heterocycles. The van der Waals surface area contributed by atoms with Crippen molar-refractivity contribution in [3.8, 4) is 11.3 Å².